The maximum atomic E-state index is 12.7. The number of benzene rings is 2. The molecule has 0 aliphatic rings. The second kappa shape index (κ2) is 11.7. The molecule has 11 nitrogen and oxygen atoms in total. The highest BCUT2D eigenvalue weighted by Gasteiger charge is 2.18. The van der Waals surface area contributed by atoms with Crippen molar-refractivity contribution < 1.29 is 14.3 Å². The van der Waals surface area contributed by atoms with Crippen LogP contribution in [-0.2, 0) is 16.0 Å². The van der Waals surface area contributed by atoms with Gasteiger partial charge in [0.25, 0.3) is 5.56 Å². The molecule has 1 amide bonds. The predicted molar refractivity (Wildman–Crippen MR) is 139 cm³/mol. The molecule has 2 heterocycles. The van der Waals surface area contributed by atoms with Crippen LogP contribution in [0.15, 0.2) is 69.3 Å². The van der Waals surface area contributed by atoms with Crippen molar-refractivity contribution in [2.75, 3.05) is 17.7 Å². The Morgan fingerprint density at radius 1 is 1.08 bits per heavy atom. The van der Waals surface area contributed by atoms with Gasteiger partial charge in [0.1, 0.15) is 5.82 Å². The molecule has 4 aromatic rings. The minimum absolute atomic E-state index is 0.0370. The maximum Gasteiger partial charge on any atom is 0.340 e. The minimum atomic E-state index is -0.630. The maximum absolute atomic E-state index is 12.7. The number of hydrogen-bond donors (Lipinski definition) is 3. The summed E-state index contributed by atoms with van der Waals surface area (Å²) in [5, 5.41) is 12.1. The van der Waals surface area contributed by atoms with Crippen LogP contribution in [0.3, 0.4) is 0 Å². The molecular formula is C24H21ClN6O5S. The number of thioether (sulfide) groups is 1. The number of nitrogens with zero attached hydrogens (tertiary/aromatic N) is 3. The Balaban J connectivity index is 1.57. The first-order valence-electron chi connectivity index (χ1n) is 11.1. The summed E-state index contributed by atoms with van der Waals surface area (Å²) in [4.78, 5) is 53.0. The number of aromatic nitrogens is 5. The number of ether oxygens (including phenoxy) is 1. The summed E-state index contributed by atoms with van der Waals surface area (Å²) in [7, 11) is 0. The van der Waals surface area contributed by atoms with Crippen LogP contribution >= 0.6 is 23.4 Å². The Hall–Kier alpha value is -4.16. The quantitative estimate of drug-likeness (QED) is 0.216. The van der Waals surface area contributed by atoms with E-state index in [1.165, 1.54) is 6.07 Å². The number of carbonyl (C=O) groups excluding carboxylic acids is 2. The minimum Gasteiger partial charge on any atom is -0.462 e. The monoisotopic (exact) mass is 540 g/mol. The molecule has 0 radical (unpaired) electrons. The number of amides is 1. The second-order valence-corrected chi connectivity index (χ2v) is 8.98. The van der Waals surface area contributed by atoms with Gasteiger partial charge >= 0.3 is 11.7 Å². The number of halogens is 1. The molecule has 0 saturated carbocycles. The van der Waals surface area contributed by atoms with Crippen molar-refractivity contribution in [1.82, 2.24) is 24.7 Å². The average molecular weight is 541 g/mol. The fraction of sp³-hybridized carbons (Fsp3) is 0.167. The molecule has 0 spiro atoms. The van der Waals surface area contributed by atoms with Crippen LogP contribution < -0.4 is 16.6 Å². The van der Waals surface area contributed by atoms with Crippen molar-refractivity contribution in [3.05, 3.63) is 97.5 Å². The van der Waals surface area contributed by atoms with E-state index in [9.17, 15) is 19.2 Å². The summed E-state index contributed by atoms with van der Waals surface area (Å²) in [5.41, 5.74) is 0.444. The fourth-order valence-corrected chi connectivity index (χ4v) is 4.33. The Morgan fingerprint density at radius 3 is 2.57 bits per heavy atom. The van der Waals surface area contributed by atoms with E-state index in [4.69, 9.17) is 16.3 Å². The second-order valence-electron chi connectivity index (χ2n) is 7.60. The largest absolute Gasteiger partial charge is 0.462 e. The van der Waals surface area contributed by atoms with Gasteiger partial charge in [0, 0.05) is 28.9 Å². The van der Waals surface area contributed by atoms with Crippen LogP contribution in [0.5, 0.6) is 0 Å². The summed E-state index contributed by atoms with van der Waals surface area (Å²) in [6, 6.07) is 14.8. The number of rotatable bonds is 9. The number of anilines is 1. The Bertz CT molecular complexity index is 1520. The first-order valence-corrected chi connectivity index (χ1v) is 12.4. The SMILES string of the molecule is CCOC(=O)c1ccccc1NC(=O)CSc1nnc(Cc2cc(=O)[nH]c(=O)[nH]2)n1-c1ccc(Cl)cc1. The number of esters is 1. The molecule has 0 aliphatic heterocycles. The standard InChI is InChI=1S/C24H21ClN6O5S/c1-2-36-22(34)17-5-3-4-6-18(17)27-21(33)13-37-24-30-29-19(11-15-12-20(32)28-23(35)26-15)31(24)16-9-7-14(25)8-10-16/h3-10,12H,2,11,13H2,1H3,(H,27,33)(H2,26,28,32,35). The summed E-state index contributed by atoms with van der Waals surface area (Å²) in [5.74, 6) is -0.506. The van der Waals surface area contributed by atoms with E-state index in [2.05, 4.69) is 25.5 Å². The van der Waals surface area contributed by atoms with Gasteiger partial charge in [0.2, 0.25) is 5.91 Å². The summed E-state index contributed by atoms with van der Waals surface area (Å²) in [6.45, 7) is 1.92. The first kappa shape index (κ1) is 25.9. The van der Waals surface area contributed by atoms with Crippen molar-refractivity contribution in [2.45, 2.75) is 18.5 Å². The van der Waals surface area contributed by atoms with Gasteiger partial charge in [-0.05, 0) is 43.3 Å². The van der Waals surface area contributed by atoms with Crippen molar-refractivity contribution in [3.63, 3.8) is 0 Å². The highest BCUT2D eigenvalue weighted by Crippen LogP contribution is 2.25. The van der Waals surface area contributed by atoms with E-state index in [1.807, 2.05) is 0 Å². The normalized spacial score (nSPS) is 10.8. The van der Waals surface area contributed by atoms with E-state index in [0.717, 1.165) is 11.8 Å². The number of hydrogen-bond acceptors (Lipinski definition) is 8. The zero-order valence-electron chi connectivity index (χ0n) is 19.5. The summed E-state index contributed by atoms with van der Waals surface area (Å²) >= 11 is 7.17. The Labute approximate surface area is 219 Å². The first-order chi connectivity index (χ1) is 17.8. The molecule has 0 saturated heterocycles. The molecule has 0 fully saturated rings. The molecule has 4 rings (SSSR count). The van der Waals surface area contributed by atoms with Gasteiger partial charge in [-0.15, -0.1) is 10.2 Å². The zero-order valence-corrected chi connectivity index (χ0v) is 21.1. The van der Waals surface area contributed by atoms with Crippen LogP contribution in [-0.4, -0.2) is 49.0 Å². The lowest BCUT2D eigenvalue weighted by molar-refractivity contribution is -0.113. The predicted octanol–water partition coefficient (Wildman–Crippen LogP) is 2.80. The van der Waals surface area contributed by atoms with Crippen LogP contribution in [0.2, 0.25) is 5.02 Å². The zero-order chi connectivity index (χ0) is 26.4. The van der Waals surface area contributed by atoms with Crippen LogP contribution in [0, 0.1) is 0 Å². The number of H-pyrrole nitrogens is 2. The van der Waals surface area contributed by atoms with Gasteiger partial charge in [-0.2, -0.15) is 0 Å². The molecule has 2 aromatic heterocycles. The number of nitrogens with one attached hydrogen (secondary N) is 3. The topological polar surface area (TPSA) is 152 Å². The smallest absolute Gasteiger partial charge is 0.340 e. The fourth-order valence-electron chi connectivity index (χ4n) is 3.44. The molecule has 0 unspecified atom stereocenters. The third-order valence-electron chi connectivity index (χ3n) is 4.98. The van der Waals surface area contributed by atoms with Crippen molar-refractivity contribution in [2.24, 2.45) is 0 Å². The lowest BCUT2D eigenvalue weighted by Crippen LogP contribution is -2.23. The van der Waals surface area contributed by atoms with Gasteiger partial charge in [-0.25, -0.2) is 9.59 Å². The lowest BCUT2D eigenvalue weighted by atomic mass is 10.2. The van der Waals surface area contributed by atoms with E-state index >= 15 is 0 Å². The van der Waals surface area contributed by atoms with E-state index < -0.39 is 17.2 Å². The highest BCUT2D eigenvalue weighted by molar-refractivity contribution is 7.99. The third kappa shape index (κ3) is 6.54. The molecular weight excluding hydrogens is 520 g/mol. The molecule has 0 atom stereocenters. The van der Waals surface area contributed by atoms with Crippen LogP contribution in [0.1, 0.15) is 28.8 Å². The number of carbonyl (C=O) groups is 2. The molecule has 37 heavy (non-hydrogen) atoms. The molecule has 0 aliphatic carbocycles. The van der Waals surface area contributed by atoms with Crippen molar-refractivity contribution >= 4 is 40.9 Å². The average Bonchev–Trinajstić information content (AvgIpc) is 3.25. The molecule has 2 aromatic carbocycles. The molecule has 3 N–H and O–H groups in total. The van der Waals surface area contributed by atoms with E-state index in [1.54, 1.807) is 60.0 Å². The van der Waals surface area contributed by atoms with Gasteiger partial charge in [0.05, 0.1) is 23.6 Å². The van der Waals surface area contributed by atoms with E-state index in [0.29, 0.717) is 33.1 Å². The van der Waals surface area contributed by atoms with Crippen LogP contribution in [0.25, 0.3) is 5.69 Å². The Morgan fingerprint density at radius 2 is 1.84 bits per heavy atom. The van der Waals surface area contributed by atoms with Gasteiger partial charge in [-0.3, -0.25) is 19.1 Å². The van der Waals surface area contributed by atoms with Gasteiger partial charge in [-0.1, -0.05) is 35.5 Å². The lowest BCUT2D eigenvalue weighted by Gasteiger charge is -2.12. The van der Waals surface area contributed by atoms with Gasteiger partial charge < -0.3 is 15.0 Å². The highest BCUT2D eigenvalue weighted by atomic mass is 35.5. The molecule has 0 bridgehead atoms. The molecule has 13 heteroatoms. The molecule has 190 valence electrons. The third-order valence-corrected chi connectivity index (χ3v) is 6.16. The van der Waals surface area contributed by atoms with E-state index in [-0.39, 0.29) is 30.3 Å². The summed E-state index contributed by atoms with van der Waals surface area (Å²) in [6.07, 6.45) is 0.106. The van der Waals surface area contributed by atoms with Crippen LogP contribution in [0.4, 0.5) is 5.69 Å². The Kier molecular flexibility index (Phi) is 8.21. The number of para-hydroxylation sites is 1. The van der Waals surface area contributed by atoms with Crippen molar-refractivity contribution in [1.29, 1.82) is 0 Å². The van der Waals surface area contributed by atoms with Gasteiger partial charge in [0.15, 0.2) is 5.16 Å². The number of aromatic amines is 2. The van der Waals surface area contributed by atoms with Crippen molar-refractivity contribution in [3.8, 4) is 5.69 Å². The summed E-state index contributed by atoms with van der Waals surface area (Å²) < 4.78 is 6.76.